The van der Waals surface area contributed by atoms with Gasteiger partial charge in [-0.1, -0.05) is 24.3 Å². The van der Waals surface area contributed by atoms with Crippen molar-refractivity contribution in [1.29, 1.82) is 0 Å². The molecule has 0 aromatic heterocycles. The van der Waals surface area contributed by atoms with Crippen molar-refractivity contribution in [2.45, 2.75) is 0 Å². The zero-order chi connectivity index (χ0) is 10.7. The van der Waals surface area contributed by atoms with Crippen LogP contribution in [0.5, 0.6) is 5.75 Å². The zero-order valence-electron chi connectivity index (χ0n) is 7.49. The molecule has 0 aliphatic carbocycles. The van der Waals surface area contributed by atoms with Crippen molar-refractivity contribution in [3.63, 3.8) is 0 Å². The third kappa shape index (κ3) is 1.85. The number of nitro groups is 1. The molecule has 4 nitrogen and oxygen atoms in total. The van der Waals surface area contributed by atoms with Crippen LogP contribution >= 0.6 is 11.6 Å². The third-order valence-electron chi connectivity index (χ3n) is 1.71. The van der Waals surface area contributed by atoms with E-state index >= 15 is 0 Å². The molecular formula is C9H8ClNO3. The van der Waals surface area contributed by atoms with Crippen LogP contribution in [0.15, 0.2) is 18.7 Å². The average Bonchev–Trinajstić information content (AvgIpc) is 2.16. The number of benzene rings is 1. The largest absolute Gasteiger partial charge is 0.490 e. The van der Waals surface area contributed by atoms with E-state index < -0.39 is 4.92 Å². The van der Waals surface area contributed by atoms with Gasteiger partial charge in [0.05, 0.1) is 17.1 Å². The Bertz CT molecular complexity index is 390. The van der Waals surface area contributed by atoms with Crippen molar-refractivity contribution in [3.05, 3.63) is 39.4 Å². The highest BCUT2D eigenvalue weighted by molar-refractivity contribution is 6.32. The van der Waals surface area contributed by atoms with Crippen LogP contribution in [0.2, 0.25) is 5.02 Å². The number of ether oxygens (including phenoxy) is 1. The summed E-state index contributed by atoms with van der Waals surface area (Å²) in [6.45, 7) is 3.50. The van der Waals surface area contributed by atoms with Gasteiger partial charge in [-0.25, -0.2) is 0 Å². The van der Waals surface area contributed by atoms with Gasteiger partial charge >= 0.3 is 5.69 Å². The summed E-state index contributed by atoms with van der Waals surface area (Å²) in [5, 5.41) is 11.0. The van der Waals surface area contributed by atoms with E-state index in [0.29, 0.717) is 10.6 Å². The van der Waals surface area contributed by atoms with Crippen molar-refractivity contribution in [1.82, 2.24) is 0 Å². The fourth-order valence-electron chi connectivity index (χ4n) is 1.02. The van der Waals surface area contributed by atoms with Gasteiger partial charge in [0, 0.05) is 12.1 Å². The quantitative estimate of drug-likeness (QED) is 0.573. The first-order chi connectivity index (χ1) is 6.60. The SMILES string of the molecule is C=Cc1cc([N+](=O)[O-])c(OC)cc1Cl. The van der Waals surface area contributed by atoms with E-state index in [1.165, 1.54) is 25.3 Å². The molecule has 0 saturated carbocycles. The number of nitro benzene ring substituents is 1. The van der Waals surface area contributed by atoms with E-state index in [1.807, 2.05) is 0 Å². The predicted molar refractivity (Wildman–Crippen MR) is 54.7 cm³/mol. The number of hydrogen-bond acceptors (Lipinski definition) is 3. The lowest BCUT2D eigenvalue weighted by Gasteiger charge is -2.04. The van der Waals surface area contributed by atoms with Crippen LogP contribution in [0.1, 0.15) is 5.56 Å². The normalized spacial score (nSPS) is 9.57. The van der Waals surface area contributed by atoms with Gasteiger partial charge in [-0.3, -0.25) is 10.1 Å². The molecule has 0 fully saturated rings. The molecule has 0 aliphatic heterocycles. The molecule has 0 atom stereocenters. The van der Waals surface area contributed by atoms with Crippen molar-refractivity contribution in [2.24, 2.45) is 0 Å². The van der Waals surface area contributed by atoms with Gasteiger partial charge in [0.1, 0.15) is 0 Å². The highest BCUT2D eigenvalue weighted by Crippen LogP contribution is 2.33. The molecule has 74 valence electrons. The maximum Gasteiger partial charge on any atom is 0.311 e. The molecule has 1 aromatic rings. The molecule has 0 radical (unpaired) electrons. The monoisotopic (exact) mass is 213 g/mol. The summed E-state index contributed by atoms with van der Waals surface area (Å²) in [5.41, 5.74) is 0.394. The molecule has 5 heteroatoms. The Morgan fingerprint density at radius 2 is 2.29 bits per heavy atom. The lowest BCUT2D eigenvalue weighted by atomic mass is 10.2. The minimum atomic E-state index is -0.526. The van der Waals surface area contributed by atoms with Crippen LogP contribution < -0.4 is 4.74 Å². The lowest BCUT2D eigenvalue weighted by molar-refractivity contribution is -0.385. The molecule has 1 aromatic carbocycles. The zero-order valence-corrected chi connectivity index (χ0v) is 8.25. The van der Waals surface area contributed by atoms with Crippen LogP contribution in [0.4, 0.5) is 5.69 Å². The Morgan fingerprint density at radius 3 is 2.71 bits per heavy atom. The minimum absolute atomic E-state index is 0.119. The van der Waals surface area contributed by atoms with E-state index in [4.69, 9.17) is 16.3 Å². The molecule has 0 spiro atoms. The van der Waals surface area contributed by atoms with E-state index in [2.05, 4.69) is 6.58 Å². The standard InChI is InChI=1S/C9H8ClNO3/c1-3-6-4-8(11(12)13)9(14-2)5-7(6)10/h3-5H,1H2,2H3. The third-order valence-corrected chi connectivity index (χ3v) is 2.04. The lowest BCUT2D eigenvalue weighted by Crippen LogP contribution is -1.94. The highest BCUT2D eigenvalue weighted by atomic mass is 35.5. The van der Waals surface area contributed by atoms with Crippen molar-refractivity contribution in [3.8, 4) is 5.75 Å². The smallest absolute Gasteiger partial charge is 0.311 e. The van der Waals surface area contributed by atoms with Gasteiger partial charge < -0.3 is 4.74 Å². The summed E-state index contributed by atoms with van der Waals surface area (Å²) in [5.74, 6) is 0.144. The average molecular weight is 214 g/mol. The molecule has 0 saturated heterocycles. The number of hydrogen-bond donors (Lipinski definition) is 0. The van der Waals surface area contributed by atoms with Crippen LogP contribution in [0.25, 0.3) is 6.08 Å². The molecule has 0 N–H and O–H groups in total. The topological polar surface area (TPSA) is 52.4 Å². The maximum absolute atomic E-state index is 10.6. The molecule has 0 unspecified atom stereocenters. The summed E-state index contributed by atoms with van der Waals surface area (Å²) >= 11 is 5.81. The second kappa shape index (κ2) is 4.11. The second-order valence-electron chi connectivity index (χ2n) is 2.51. The number of rotatable bonds is 3. The first-order valence-electron chi connectivity index (χ1n) is 3.74. The van der Waals surface area contributed by atoms with E-state index in [9.17, 15) is 10.1 Å². The first kappa shape index (κ1) is 10.5. The molecule has 1 rings (SSSR count). The van der Waals surface area contributed by atoms with Gasteiger partial charge in [-0.15, -0.1) is 0 Å². The Kier molecular flexibility index (Phi) is 3.09. The summed E-state index contributed by atoms with van der Waals surface area (Å²) < 4.78 is 4.83. The van der Waals surface area contributed by atoms with Crippen molar-refractivity contribution in [2.75, 3.05) is 7.11 Å². The predicted octanol–water partition coefficient (Wildman–Crippen LogP) is 2.90. The van der Waals surface area contributed by atoms with Crippen LogP contribution in [-0.4, -0.2) is 12.0 Å². The van der Waals surface area contributed by atoms with Crippen LogP contribution in [0.3, 0.4) is 0 Å². The molecule has 0 bridgehead atoms. The van der Waals surface area contributed by atoms with Gasteiger partial charge in [0.2, 0.25) is 0 Å². The number of methoxy groups -OCH3 is 1. The number of nitrogens with zero attached hydrogens (tertiary/aromatic N) is 1. The fraction of sp³-hybridized carbons (Fsp3) is 0.111. The van der Waals surface area contributed by atoms with E-state index in [0.717, 1.165) is 0 Å². The van der Waals surface area contributed by atoms with Crippen LogP contribution in [0, 0.1) is 10.1 Å². The van der Waals surface area contributed by atoms with Gasteiger partial charge in [-0.05, 0) is 5.56 Å². The van der Waals surface area contributed by atoms with E-state index in [1.54, 1.807) is 0 Å². The summed E-state index contributed by atoms with van der Waals surface area (Å²) in [4.78, 5) is 10.1. The fourth-order valence-corrected chi connectivity index (χ4v) is 1.25. The highest BCUT2D eigenvalue weighted by Gasteiger charge is 2.16. The van der Waals surface area contributed by atoms with Gasteiger partial charge in [-0.2, -0.15) is 0 Å². The van der Waals surface area contributed by atoms with Gasteiger partial charge in [0.25, 0.3) is 0 Å². The Hall–Kier alpha value is -1.55. The minimum Gasteiger partial charge on any atom is -0.490 e. The first-order valence-corrected chi connectivity index (χ1v) is 4.12. The van der Waals surface area contributed by atoms with Gasteiger partial charge in [0.15, 0.2) is 5.75 Å². The number of halogens is 1. The summed E-state index contributed by atoms with van der Waals surface area (Å²) in [6.07, 6.45) is 1.45. The second-order valence-corrected chi connectivity index (χ2v) is 2.91. The van der Waals surface area contributed by atoms with Crippen molar-refractivity contribution >= 4 is 23.4 Å². The van der Waals surface area contributed by atoms with Crippen LogP contribution in [-0.2, 0) is 0 Å². The molecule has 0 amide bonds. The van der Waals surface area contributed by atoms with Crippen molar-refractivity contribution < 1.29 is 9.66 Å². The Morgan fingerprint density at radius 1 is 1.64 bits per heavy atom. The summed E-state index contributed by atoms with van der Waals surface area (Å²) in [7, 11) is 1.35. The van der Waals surface area contributed by atoms with E-state index in [-0.39, 0.29) is 11.4 Å². The molecule has 0 heterocycles. The summed E-state index contributed by atoms with van der Waals surface area (Å²) in [6, 6.07) is 2.73. The maximum atomic E-state index is 10.6. The molecular weight excluding hydrogens is 206 g/mol. The Labute approximate surface area is 85.9 Å². The Balaban J connectivity index is 3.39. The molecule has 14 heavy (non-hydrogen) atoms. The molecule has 0 aliphatic rings.